The first-order valence-corrected chi connectivity index (χ1v) is 8.40. The average molecular weight is 281 g/mol. The number of ether oxygens (including phenoxy) is 1. The van der Waals surface area contributed by atoms with E-state index in [4.69, 9.17) is 10.6 Å². The van der Waals surface area contributed by atoms with Gasteiger partial charge in [-0.3, -0.25) is 16.2 Å². The van der Waals surface area contributed by atoms with E-state index in [2.05, 4.69) is 24.2 Å². The monoisotopic (exact) mass is 281 g/mol. The zero-order valence-electron chi connectivity index (χ0n) is 13.1. The lowest BCUT2D eigenvalue weighted by Crippen LogP contribution is -2.62. The summed E-state index contributed by atoms with van der Waals surface area (Å²) in [6.45, 7) is 8.46. The Hall–Kier alpha value is -0.160. The highest BCUT2D eigenvalue weighted by atomic mass is 16.5. The quantitative estimate of drug-likeness (QED) is 0.595. The lowest BCUT2D eigenvalue weighted by molar-refractivity contribution is -0.0274. The molecule has 4 atom stereocenters. The minimum Gasteiger partial charge on any atom is -0.379 e. The van der Waals surface area contributed by atoms with Crippen molar-refractivity contribution in [2.24, 2.45) is 23.6 Å². The summed E-state index contributed by atoms with van der Waals surface area (Å²) in [7, 11) is 0. The average Bonchev–Trinajstić information content (AvgIpc) is 3.08. The van der Waals surface area contributed by atoms with Crippen LogP contribution in [0, 0.1) is 17.8 Å². The minimum atomic E-state index is 0.111. The van der Waals surface area contributed by atoms with Crippen molar-refractivity contribution in [2.75, 3.05) is 26.3 Å². The Bertz CT molecular complexity index is 328. The van der Waals surface area contributed by atoms with E-state index in [0.717, 1.165) is 44.1 Å². The van der Waals surface area contributed by atoms with Crippen LogP contribution in [0.4, 0.5) is 0 Å². The van der Waals surface area contributed by atoms with Crippen molar-refractivity contribution in [1.29, 1.82) is 0 Å². The minimum absolute atomic E-state index is 0.111. The molecule has 0 radical (unpaired) electrons. The van der Waals surface area contributed by atoms with E-state index >= 15 is 0 Å². The Labute approximate surface area is 123 Å². The van der Waals surface area contributed by atoms with Gasteiger partial charge in [0.25, 0.3) is 0 Å². The van der Waals surface area contributed by atoms with Crippen LogP contribution < -0.4 is 11.3 Å². The molecule has 0 aromatic carbocycles. The molecule has 3 N–H and O–H groups in total. The number of nitrogens with two attached hydrogens (primary N) is 1. The summed E-state index contributed by atoms with van der Waals surface area (Å²) in [4.78, 5) is 2.55. The molecular formula is C16H31N3O. The highest BCUT2D eigenvalue weighted by Gasteiger charge is 2.43. The molecule has 3 fully saturated rings. The van der Waals surface area contributed by atoms with Crippen molar-refractivity contribution in [3.63, 3.8) is 0 Å². The van der Waals surface area contributed by atoms with E-state index in [1.165, 1.54) is 32.1 Å². The number of hydrazine groups is 1. The highest BCUT2D eigenvalue weighted by molar-refractivity contribution is 4.98. The van der Waals surface area contributed by atoms with Crippen LogP contribution in [-0.2, 0) is 4.74 Å². The molecule has 4 nitrogen and oxygen atoms in total. The number of fused-ring (bicyclic) bond motifs is 2. The van der Waals surface area contributed by atoms with Crippen LogP contribution in [0.25, 0.3) is 0 Å². The summed E-state index contributed by atoms with van der Waals surface area (Å²) in [5, 5.41) is 0. The second kappa shape index (κ2) is 5.91. The molecule has 1 heterocycles. The van der Waals surface area contributed by atoms with Crippen molar-refractivity contribution >= 4 is 0 Å². The van der Waals surface area contributed by atoms with Gasteiger partial charge in [-0.05, 0) is 57.3 Å². The molecule has 116 valence electrons. The summed E-state index contributed by atoms with van der Waals surface area (Å²) < 4.78 is 5.49. The van der Waals surface area contributed by atoms with Crippen LogP contribution in [0.1, 0.15) is 46.0 Å². The second-order valence-electron chi connectivity index (χ2n) is 7.64. The van der Waals surface area contributed by atoms with Gasteiger partial charge in [0.15, 0.2) is 0 Å². The van der Waals surface area contributed by atoms with Gasteiger partial charge < -0.3 is 4.74 Å². The topological polar surface area (TPSA) is 50.5 Å². The molecule has 0 spiro atoms. The van der Waals surface area contributed by atoms with E-state index in [-0.39, 0.29) is 5.54 Å². The standard InChI is InChI=1S/C16H31N3O/c1-16(2,19-5-7-20-8-6-19)15(18-17)11-14-10-12-3-4-13(14)9-12/h12-15,18H,3-11,17H2,1-2H3. The Morgan fingerprint density at radius 1 is 1.25 bits per heavy atom. The van der Waals surface area contributed by atoms with Gasteiger partial charge in [0.2, 0.25) is 0 Å². The maximum absolute atomic E-state index is 5.93. The third-order valence-electron chi connectivity index (χ3n) is 6.30. The van der Waals surface area contributed by atoms with Gasteiger partial charge in [0, 0.05) is 24.7 Å². The van der Waals surface area contributed by atoms with E-state index in [1.54, 1.807) is 0 Å². The molecule has 0 aromatic rings. The molecule has 20 heavy (non-hydrogen) atoms. The molecular weight excluding hydrogens is 250 g/mol. The number of hydrogen-bond donors (Lipinski definition) is 2. The van der Waals surface area contributed by atoms with Gasteiger partial charge in [-0.2, -0.15) is 0 Å². The highest BCUT2D eigenvalue weighted by Crippen LogP contribution is 2.50. The first kappa shape index (κ1) is 14.8. The van der Waals surface area contributed by atoms with Gasteiger partial charge in [-0.25, -0.2) is 0 Å². The van der Waals surface area contributed by atoms with Crippen molar-refractivity contribution < 1.29 is 4.74 Å². The van der Waals surface area contributed by atoms with Crippen molar-refractivity contribution in [3.05, 3.63) is 0 Å². The third-order valence-corrected chi connectivity index (χ3v) is 6.30. The van der Waals surface area contributed by atoms with Crippen LogP contribution in [0.2, 0.25) is 0 Å². The van der Waals surface area contributed by atoms with E-state index in [1.807, 2.05) is 0 Å². The summed E-state index contributed by atoms with van der Waals surface area (Å²) in [5.74, 6) is 8.84. The number of morpholine rings is 1. The zero-order valence-corrected chi connectivity index (χ0v) is 13.1. The van der Waals surface area contributed by atoms with Crippen LogP contribution in [0.15, 0.2) is 0 Å². The molecule has 3 aliphatic rings. The predicted octanol–water partition coefficient (Wildman–Crippen LogP) is 1.76. The van der Waals surface area contributed by atoms with Crippen LogP contribution >= 0.6 is 0 Å². The molecule has 0 amide bonds. The second-order valence-corrected chi connectivity index (χ2v) is 7.64. The molecule has 2 saturated carbocycles. The Morgan fingerprint density at radius 3 is 2.55 bits per heavy atom. The zero-order chi connectivity index (χ0) is 14.2. The summed E-state index contributed by atoms with van der Waals surface area (Å²) in [6.07, 6.45) is 7.11. The van der Waals surface area contributed by atoms with Gasteiger partial charge >= 0.3 is 0 Å². The third kappa shape index (κ3) is 2.76. The van der Waals surface area contributed by atoms with Gasteiger partial charge in [-0.1, -0.05) is 6.42 Å². The first-order chi connectivity index (χ1) is 9.61. The largest absolute Gasteiger partial charge is 0.379 e. The van der Waals surface area contributed by atoms with Gasteiger partial charge in [-0.15, -0.1) is 0 Å². The van der Waals surface area contributed by atoms with Crippen LogP contribution in [0.3, 0.4) is 0 Å². The molecule has 3 rings (SSSR count). The lowest BCUT2D eigenvalue weighted by Gasteiger charge is -2.46. The molecule has 1 aliphatic heterocycles. The van der Waals surface area contributed by atoms with Crippen molar-refractivity contribution in [1.82, 2.24) is 10.3 Å². The Balaban J connectivity index is 1.62. The first-order valence-electron chi connectivity index (χ1n) is 8.40. The molecule has 2 aliphatic carbocycles. The van der Waals surface area contributed by atoms with E-state index < -0.39 is 0 Å². The fraction of sp³-hybridized carbons (Fsp3) is 1.00. The fourth-order valence-corrected chi connectivity index (χ4v) is 4.89. The SMILES string of the molecule is CC(C)(C(CC1CC2CCC1C2)NN)N1CCOCC1. The van der Waals surface area contributed by atoms with Gasteiger partial charge in [0.05, 0.1) is 13.2 Å². The number of nitrogens with one attached hydrogen (secondary N) is 1. The smallest absolute Gasteiger partial charge is 0.0594 e. The summed E-state index contributed by atoms with van der Waals surface area (Å²) in [6, 6.07) is 0.380. The normalized spacial score (nSPS) is 36.5. The predicted molar refractivity (Wildman–Crippen MR) is 81.1 cm³/mol. The summed E-state index contributed by atoms with van der Waals surface area (Å²) >= 11 is 0. The van der Waals surface area contributed by atoms with Gasteiger partial charge in [0.1, 0.15) is 0 Å². The van der Waals surface area contributed by atoms with Crippen molar-refractivity contribution in [2.45, 2.75) is 57.5 Å². The molecule has 1 saturated heterocycles. The molecule has 0 aromatic heterocycles. The molecule has 4 heteroatoms. The lowest BCUT2D eigenvalue weighted by atomic mass is 9.79. The van der Waals surface area contributed by atoms with Crippen LogP contribution in [-0.4, -0.2) is 42.8 Å². The Morgan fingerprint density at radius 2 is 2.00 bits per heavy atom. The number of hydrogen-bond acceptors (Lipinski definition) is 4. The summed E-state index contributed by atoms with van der Waals surface area (Å²) in [5.41, 5.74) is 3.25. The number of nitrogens with zero attached hydrogens (tertiary/aromatic N) is 1. The van der Waals surface area contributed by atoms with E-state index in [0.29, 0.717) is 6.04 Å². The van der Waals surface area contributed by atoms with Crippen LogP contribution in [0.5, 0.6) is 0 Å². The maximum Gasteiger partial charge on any atom is 0.0594 e. The molecule has 2 bridgehead atoms. The number of rotatable bonds is 5. The maximum atomic E-state index is 5.93. The fourth-order valence-electron chi connectivity index (χ4n) is 4.89. The molecule has 4 unspecified atom stereocenters. The Kier molecular flexibility index (Phi) is 4.37. The van der Waals surface area contributed by atoms with E-state index in [9.17, 15) is 0 Å². The van der Waals surface area contributed by atoms with Crippen molar-refractivity contribution in [3.8, 4) is 0 Å².